The molecule has 7 heteroatoms. The number of benzene rings is 2. The molecule has 0 saturated carbocycles. The normalized spacial score (nSPS) is 18.5. The van der Waals surface area contributed by atoms with Crippen molar-refractivity contribution in [2.24, 2.45) is 0 Å². The number of nitrogens with one attached hydrogen (secondary N) is 2. The van der Waals surface area contributed by atoms with E-state index in [4.69, 9.17) is 4.74 Å². The number of imide groups is 1. The lowest BCUT2D eigenvalue weighted by Crippen LogP contribution is -2.42. The van der Waals surface area contributed by atoms with Gasteiger partial charge in [0.25, 0.3) is 5.91 Å². The minimum atomic E-state index is -1.23. The van der Waals surface area contributed by atoms with E-state index in [1.165, 1.54) is 5.56 Å². The maximum atomic E-state index is 12.9. The summed E-state index contributed by atoms with van der Waals surface area (Å²) in [6.07, 6.45) is 2.02. The first-order valence-corrected chi connectivity index (χ1v) is 9.55. The van der Waals surface area contributed by atoms with Crippen LogP contribution in [-0.2, 0) is 21.5 Å². The molecule has 0 aliphatic carbocycles. The fraction of sp³-hybridized carbons (Fsp3) is 0.318. The van der Waals surface area contributed by atoms with Crippen LogP contribution in [0.15, 0.2) is 48.5 Å². The third-order valence-electron chi connectivity index (χ3n) is 5.02. The van der Waals surface area contributed by atoms with Gasteiger partial charge in [-0.3, -0.25) is 14.5 Å². The molecule has 29 heavy (non-hydrogen) atoms. The highest BCUT2D eigenvalue weighted by atomic mass is 16.5. The minimum Gasteiger partial charge on any atom is -0.497 e. The van der Waals surface area contributed by atoms with E-state index < -0.39 is 23.4 Å². The molecule has 0 bridgehead atoms. The van der Waals surface area contributed by atoms with Crippen molar-refractivity contribution < 1.29 is 19.1 Å². The molecule has 4 amide bonds. The van der Waals surface area contributed by atoms with Crippen molar-refractivity contribution in [3.8, 4) is 5.75 Å². The lowest BCUT2D eigenvalue weighted by atomic mass is 9.92. The van der Waals surface area contributed by atoms with E-state index in [-0.39, 0.29) is 6.54 Å². The van der Waals surface area contributed by atoms with Crippen LogP contribution in [0.2, 0.25) is 0 Å². The first kappa shape index (κ1) is 20.4. The summed E-state index contributed by atoms with van der Waals surface area (Å²) in [6, 6.07) is 13.8. The molecular formula is C22H25N3O4. The fourth-order valence-electron chi connectivity index (χ4n) is 3.35. The molecule has 1 heterocycles. The molecule has 0 aromatic heterocycles. The minimum absolute atomic E-state index is 0.354. The Morgan fingerprint density at radius 1 is 1.10 bits per heavy atom. The molecule has 1 aliphatic rings. The number of methoxy groups -OCH3 is 1. The summed E-state index contributed by atoms with van der Waals surface area (Å²) in [6.45, 7) is 3.38. The molecule has 2 aromatic rings. The summed E-state index contributed by atoms with van der Waals surface area (Å²) < 4.78 is 5.13. The monoisotopic (exact) mass is 395 g/mol. The third kappa shape index (κ3) is 4.23. The maximum absolute atomic E-state index is 12.9. The number of hydrogen-bond acceptors (Lipinski definition) is 4. The number of hydrogen-bond donors (Lipinski definition) is 2. The Hall–Kier alpha value is -3.35. The number of rotatable bonds is 7. The molecule has 2 N–H and O–H groups in total. The fourth-order valence-corrected chi connectivity index (χ4v) is 3.35. The van der Waals surface area contributed by atoms with E-state index in [2.05, 4.69) is 17.6 Å². The molecule has 0 radical (unpaired) electrons. The summed E-state index contributed by atoms with van der Waals surface area (Å²) in [5, 5.41) is 5.42. The molecule has 152 valence electrons. The van der Waals surface area contributed by atoms with Gasteiger partial charge in [0.15, 0.2) is 0 Å². The molecule has 1 fully saturated rings. The van der Waals surface area contributed by atoms with Crippen LogP contribution in [0.1, 0.15) is 31.4 Å². The van der Waals surface area contributed by atoms with Gasteiger partial charge in [-0.2, -0.15) is 0 Å². The zero-order valence-corrected chi connectivity index (χ0v) is 16.8. The second-order valence-corrected chi connectivity index (χ2v) is 7.17. The van der Waals surface area contributed by atoms with Gasteiger partial charge in [-0.05, 0) is 48.7 Å². The zero-order valence-electron chi connectivity index (χ0n) is 16.8. The molecule has 3 rings (SSSR count). The van der Waals surface area contributed by atoms with Crippen molar-refractivity contribution in [3.63, 3.8) is 0 Å². The Kier molecular flexibility index (Phi) is 5.87. The Balaban J connectivity index is 1.68. The molecule has 1 aliphatic heterocycles. The predicted octanol–water partition coefficient (Wildman–Crippen LogP) is 3.05. The van der Waals surface area contributed by atoms with E-state index in [9.17, 15) is 14.4 Å². The van der Waals surface area contributed by atoms with E-state index in [1.54, 1.807) is 38.3 Å². The number of aryl methyl sites for hydroxylation is 1. The van der Waals surface area contributed by atoms with Crippen molar-refractivity contribution in [3.05, 3.63) is 59.7 Å². The summed E-state index contributed by atoms with van der Waals surface area (Å²) >= 11 is 0. The number of carbonyl (C=O) groups excluding carboxylic acids is 3. The van der Waals surface area contributed by atoms with Gasteiger partial charge in [0.2, 0.25) is 5.91 Å². The lowest BCUT2D eigenvalue weighted by molar-refractivity contribution is -0.133. The van der Waals surface area contributed by atoms with Crippen LogP contribution < -0.4 is 15.4 Å². The number of carbonyl (C=O) groups is 3. The van der Waals surface area contributed by atoms with Gasteiger partial charge in [0.05, 0.1) is 7.11 Å². The highest BCUT2D eigenvalue weighted by Crippen LogP contribution is 2.30. The van der Waals surface area contributed by atoms with Crippen molar-refractivity contribution in [1.29, 1.82) is 0 Å². The highest BCUT2D eigenvalue weighted by molar-refractivity contribution is 6.10. The molecular weight excluding hydrogens is 370 g/mol. The molecule has 7 nitrogen and oxygen atoms in total. The van der Waals surface area contributed by atoms with Gasteiger partial charge in [-0.25, -0.2) is 4.79 Å². The average molecular weight is 395 g/mol. The maximum Gasteiger partial charge on any atom is 0.325 e. The van der Waals surface area contributed by atoms with Crippen LogP contribution in [0.4, 0.5) is 10.5 Å². The van der Waals surface area contributed by atoms with Crippen molar-refractivity contribution in [2.75, 3.05) is 19.0 Å². The van der Waals surface area contributed by atoms with E-state index in [0.29, 0.717) is 17.0 Å². The number of urea groups is 1. The van der Waals surface area contributed by atoms with Gasteiger partial charge in [0, 0.05) is 5.69 Å². The third-order valence-corrected chi connectivity index (χ3v) is 5.02. The summed E-state index contributed by atoms with van der Waals surface area (Å²) in [7, 11) is 1.55. The van der Waals surface area contributed by atoms with Crippen LogP contribution in [0.5, 0.6) is 5.75 Å². The van der Waals surface area contributed by atoms with Gasteiger partial charge >= 0.3 is 6.03 Å². The van der Waals surface area contributed by atoms with Crippen LogP contribution in [-0.4, -0.2) is 36.4 Å². The molecule has 2 aromatic carbocycles. The smallest absolute Gasteiger partial charge is 0.325 e. The van der Waals surface area contributed by atoms with Crippen molar-refractivity contribution >= 4 is 23.5 Å². The Morgan fingerprint density at radius 3 is 2.34 bits per heavy atom. The second-order valence-electron chi connectivity index (χ2n) is 7.17. The number of ether oxygens (including phenoxy) is 1. The highest BCUT2D eigenvalue weighted by Gasteiger charge is 2.49. The Morgan fingerprint density at radius 2 is 1.76 bits per heavy atom. The molecule has 0 spiro atoms. The number of amides is 4. The van der Waals surface area contributed by atoms with E-state index in [0.717, 1.165) is 17.7 Å². The van der Waals surface area contributed by atoms with E-state index >= 15 is 0 Å². The number of anilines is 1. The van der Waals surface area contributed by atoms with E-state index in [1.807, 2.05) is 24.3 Å². The Labute approximate surface area is 170 Å². The SMILES string of the molecule is CCCc1ccc(NC(=O)CN2C(=O)N[C@@](C)(c3ccc(OC)cc3)C2=O)cc1. The average Bonchev–Trinajstić information content (AvgIpc) is 2.93. The van der Waals surface area contributed by atoms with Crippen LogP contribution >= 0.6 is 0 Å². The molecule has 1 saturated heterocycles. The quantitative estimate of drug-likeness (QED) is 0.706. The standard InChI is InChI=1S/C22H25N3O4/c1-4-5-15-6-10-17(11-7-15)23-19(26)14-25-20(27)22(2,24-21(25)28)16-8-12-18(29-3)13-9-16/h6-13H,4-5,14H2,1-3H3,(H,23,26)(H,24,28)/t22-/m0/s1. The second kappa shape index (κ2) is 8.34. The topological polar surface area (TPSA) is 87.7 Å². The number of nitrogens with zero attached hydrogens (tertiary/aromatic N) is 1. The van der Waals surface area contributed by atoms with Crippen LogP contribution in [0.3, 0.4) is 0 Å². The van der Waals surface area contributed by atoms with Crippen molar-refractivity contribution in [1.82, 2.24) is 10.2 Å². The van der Waals surface area contributed by atoms with Gasteiger partial charge < -0.3 is 15.4 Å². The summed E-state index contributed by atoms with van der Waals surface area (Å²) in [5.41, 5.74) is 1.20. The molecule has 0 unspecified atom stereocenters. The van der Waals surface area contributed by atoms with Gasteiger partial charge in [-0.15, -0.1) is 0 Å². The van der Waals surface area contributed by atoms with Crippen LogP contribution in [0.25, 0.3) is 0 Å². The predicted molar refractivity (Wildman–Crippen MR) is 110 cm³/mol. The van der Waals surface area contributed by atoms with Gasteiger partial charge in [0.1, 0.15) is 17.8 Å². The first-order valence-electron chi connectivity index (χ1n) is 9.55. The lowest BCUT2D eigenvalue weighted by Gasteiger charge is -2.22. The first-order chi connectivity index (χ1) is 13.9. The van der Waals surface area contributed by atoms with Gasteiger partial charge in [-0.1, -0.05) is 37.6 Å². The largest absolute Gasteiger partial charge is 0.497 e. The molecule has 1 atom stereocenters. The summed E-state index contributed by atoms with van der Waals surface area (Å²) in [4.78, 5) is 38.7. The van der Waals surface area contributed by atoms with Crippen LogP contribution in [0, 0.1) is 0 Å². The summed E-state index contributed by atoms with van der Waals surface area (Å²) in [5.74, 6) is -0.257. The Bertz CT molecular complexity index is 909. The zero-order chi connectivity index (χ0) is 21.0. The van der Waals surface area contributed by atoms with Crippen molar-refractivity contribution in [2.45, 2.75) is 32.2 Å².